The highest BCUT2D eigenvalue weighted by molar-refractivity contribution is 5.78. The molecule has 0 fully saturated rings. The molecule has 0 bridgehead atoms. The predicted octanol–water partition coefficient (Wildman–Crippen LogP) is 3.95. The first-order valence-corrected chi connectivity index (χ1v) is 6.90. The van der Waals surface area contributed by atoms with Crippen LogP contribution in [0.25, 0.3) is 0 Å². The second-order valence-corrected chi connectivity index (χ2v) is 4.66. The fourth-order valence-electron chi connectivity index (χ4n) is 1.83. The molecule has 0 aromatic heterocycles. The standard InChI is InChI=1S/C14H26O3/c1-2-3-7-10-13(15)11-8-5-4-6-9-12-14(16)17/h2-12H2,1H3,(H,16,17). The fraction of sp³-hybridized carbons (Fsp3) is 0.857. The van der Waals surface area contributed by atoms with E-state index in [0.29, 0.717) is 12.2 Å². The maximum Gasteiger partial charge on any atom is 0.303 e. The highest BCUT2D eigenvalue weighted by atomic mass is 16.4. The van der Waals surface area contributed by atoms with Crippen molar-refractivity contribution in [2.75, 3.05) is 0 Å². The number of hydrogen-bond donors (Lipinski definition) is 1. The maximum absolute atomic E-state index is 11.4. The van der Waals surface area contributed by atoms with Crippen molar-refractivity contribution < 1.29 is 14.7 Å². The van der Waals surface area contributed by atoms with Gasteiger partial charge >= 0.3 is 5.97 Å². The van der Waals surface area contributed by atoms with Crippen molar-refractivity contribution in [1.82, 2.24) is 0 Å². The largest absolute Gasteiger partial charge is 0.481 e. The highest BCUT2D eigenvalue weighted by Gasteiger charge is 2.01. The summed E-state index contributed by atoms with van der Waals surface area (Å²) < 4.78 is 0. The molecular formula is C14H26O3. The number of carbonyl (C=O) groups is 2. The lowest BCUT2D eigenvalue weighted by Crippen LogP contribution is -1.97. The van der Waals surface area contributed by atoms with E-state index in [-0.39, 0.29) is 6.42 Å². The van der Waals surface area contributed by atoms with Gasteiger partial charge in [0.2, 0.25) is 0 Å². The first-order chi connectivity index (χ1) is 8.16. The van der Waals surface area contributed by atoms with Gasteiger partial charge in [-0.1, -0.05) is 39.0 Å². The van der Waals surface area contributed by atoms with E-state index < -0.39 is 5.97 Å². The Hall–Kier alpha value is -0.860. The third-order valence-corrected chi connectivity index (χ3v) is 2.91. The van der Waals surface area contributed by atoms with Crippen molar-refractivity contribution in [3.63, 3.8) is 0 Å². The van der Waals surface area contributed by atoms with Crippen LogP contribution in [0.5, 0.6) is 0 Å². The van der Waals surface area contributed by atoms with Gasteiger partial charge in [0.1, 0.15) is 5.78 Å². The summed E-state index contributed by atoms with van der Waals surface area (Å²) in [6, 6.07) is 0. The topological polar surface area (TPSA) is 54.4 Å². The zero-order chi connectivity index (χ0) is 12.9. The molecule has 0 radical (unpaired) electrons. The van der Waals surface area contributed by atoms with Crippen LogP contribution in [0.4, 0.5) is 0 Å². The molecular weight excluding hydrogens is 216 g/mol. The second-order valence-electron chi connectivity index (χ2n) is 4.66. The summed E-state index contributed by atoms with van der Waals surface area (Å²) in [5.41, 5.74) is 0. The minimum absolute atomic E-state index is 0.274. The number of ketones is 1. The molecule has 0 rings (SSSR count). The Morgan fingerprint density at radius 2 is 1.24 bits per heavy atom. The Balaban J connectivity index is 3.16. The SMILES string of the molecule is CCCCCC(=O)CCCCCCCC(=O)O. The van der Waals surface area contributed by atoms with Crippen molar-refractivity contribution in [2.24, 2.45) is 0 Å². The Morgan fingerprint density at radius 1 is 0.765 bits per heavy atom. The third-order valence-electron chi connectivity index (χ3n) is 2.91. The molecule has 3 nitrogen and oxygen atoms in total. The zero-order valence-electron chi connectivity index (χ0n) is 11.0. The molecule has 100 valence electrons. The quantitative estimate of drug-likeness (QED) is 0.527. The normalized spacial score (nSPS) is 10.4. The first-order valence-electron chi connectivity index (χ1n) is 6.90. The summed E-state index contributed by atoms with van der Waals surface area (Å²) >= 11 is 0. The van der Waals surface area contributed by atoms with Crippen LogP contribution in [-0.4, -0.2) is 16.9 Å². The number of hydrogen-bond acceptors (Lipinski definition) is 2. The average molecular weight is 242 g/mol. The lowest BCUT2D eigenvalue weighted by atomic mass is 10.0. The van der Waals surface area contributed by atoms with E-state index in [1.165, 1.54) is 0 Å². The van der Waals surface area contributed by atoms with E-state index in [0.717, 1.165) is 57.8 Å². The Kier molecular flexibility index (Phi) is 11.0. The number of Topliss-reactive ketones (excluding diaryl/α,β-unsaturated/α-hetero) is 1. The monoisotopic (exact) mass is 242 g/mol. The van der Waals surface area contributed by atoms with Crippen molar-refractivity contribution in [3.8, 4) is 0 Å². The maximum atomic E-state index is 11.4. The van der Waals surface area contributed by atoms with Crippen LogP contribution in [0.3, 0.4) is 0 Å². The van der Waals surface area contributed by atoms with Crippen molar-refractivity contribution >= 4 is 11.8 Å². The lowest BCUT2D eigenvalue weighted by Gasteiger charge is -2.01. The van der Waals surface area contributed by atoms with Crippen molar-refractivity contribution in [1.29, 1.82) is 0 Å². The van der Waals surface area contributed by atoms with E-state index in [1.807, 2.05) is 0 Å². The average Bonchev–Trinajstić information content (AvgIpc) is 2.28. The van der Waals surface area contributed by atoms with E-state index in [2.05, 4.69) is 6.92 Å². The summed E-state index contributed by atoms with van der Waals surface area (Å²) in [6.45, 7) is 2.14. The van der Waals surface area contributed by atoms with Crippen LogP contribution in [0.2, 0.25) is 0 Å². The minimum atomic E-state index is -0.712. The molecule has 3 heteroatoms. The third kappa shape index (κ3) is 13.1. The number of carboxylic acids is 1. The molecule has 0 saturated carbocycles. The molecule has 0 aromatic rings. The zero-order valence-corrected chi connectivity index (χ0v) is 11.0. The molecule has 0 aromatic carbocycles. The van der Waals surface area contributed by atoms with Crippen molar-refractivity contribution in [3.05, 3.63) is 0 Å². The van der Waals surface area contributed by atoms with Gasteiger partial charge in [-0.15, -0.1) is 0 Å². The molecule has 0 unspecified atom stereocenters. The summed E-state index contributed by atoms with van der Waals surface area (Å²) in [5.74, 6) is -0.319. The molecule has 1 N–H and O–H groups in total. The van der Waals surface area contributed by atoms with Crippen LogP contribution < -0.4 is 0 Å². The van der Waals surface area contributed by atoms with Crippen LogP contribution in [0, 0.1) is 0 Å². The summed E-state index contributed by atoms with van der Waals surface area (Å²) in [7, 11) is 0. The van der Waals surface area contributed by atoms with Crippen LogP contribution >= 0.6 is 0 Å². The van der Waals surface area contributed by atoms with Gasteiger partial charge in [0.15, 0.2) is 0 Å². The summed E-state index contributed by atoms with van der Waals surface area (Å²) in [6.07, 6.45) is 9.89. The second kappa shape index (κ2) is 11.6. The fourth-order valence-corrected chi connectivity index (χ4v) is 1.83. The number of unbranched alkanes of at least 4 members (excludes halogenated alkanes) is 6. The first kappa shape index (κ1) is 16.1. The number of carboxylic acid groups (broad SMARTS) is 1. The molecule has 0 amide bonds. The van der Waals surface area contributed by atoms with Gasteiger partial charge in [0.05, 0.1) is 0 Å². The highest BCUT2D eigenvalue weighted by Crippen LogP contribution is 2.09. The van der Waals surface area contributed by atoms with Gasteiger partial charge in [-0.05, 0) is 19.3 Å². The van der Waals surface area contributed by atoms with Gasteiger partial charge in [-0.25, -0.2) is 0 Å². The van der Waals surface area contributed by atoms with Crippen LogP contribution in [0.15, 0.2) is 0 Å². The Labute approximate surface area is 105 Å². The van der Waals surface area contributed by atoms with Gasteiger partial charge in [-0.3, -0.25) is 9.59 Å². The van der Waals surface area contributed by atoms with Gasteiger partial charge < -0.3 is 5.11 Å². The Morgan fingerprint density at radius 3 is 1.76 bits per heavy atom. The molecule has 0 atom stereocenters. The molecule has 0 spiro atoms. The van der Waals surface area contributed by atoms with Gasteiger partial charge in [0, 0.05) is 19.3 Å². The number of aliphatic carboxylic acids is 1. The predicted molar refractivity (Wildman–Crippen MR) is 69.1 cm³/mol. The number of carbonyl (C=O) groups excluding carboxylic acids is 1. The van der Waals surface area contributed by atoms with E-state index >= 15 is 0 Å². The summed E-state index contributed by atoms with van der Waals surface area (Å²) in [4.78, 5) is 21.7. The number of rotatable bonds is 12. The van der Waals surface area contributed by atoms with Crippen molar-refractivity contribution in [2.45, 2.75) is 77.6 Å². The molecule has 17 heavy (non-hydrogen) atoms. The Bertz CT molecular complexity index is 212. The molecule has 0 aliphatic heterocycles. The molecule has 0 aliphatic carbocycles. The van der Waals surface area contributed by atoms with Crippen LogP contribution in [-0.2, 0) is 9.59 Å². The van der Waals surface area contributed by atoms with Gasteiger partial charge in [0.25, 0.3) is 0 Å². The van der Waals surface area contributed by atoms with E-state index in [1.54, 1.807) is 0 Å². The molecule has 0 saturated heterocycles. The van der Waals surface area contributed by atoms with Crippen LogP contribution in [0.1, 0.15) is 77.6 Å². The van der Waals surface area contributed by atoms with E-state index in [4.69, 9.17) is 5.11 Å². The van der Waals surface area contributed by atoms with E-state index in [9.17, 15) is 9.59 Å². The smallest absolute Gasteiger partial charge is 0.303 e. The van der Waals surface area contributed by atoms with Gasteiger partial charge in [-0.2, -0.15) is 0 Å². The molecule has 0 aliphatic rings. The lowest BCUT2D eigenvalue weighted by molar-refractivity contribution is -0.137. The minimum Gasteiger partial charge on any atom is -0.481 e. The molecule has 0 heterocycles. The summed E-state index contributed by atoms with van der Waals surface area (Å²) in [5, 5.41) is 8.45.